The number of nitro benzene ring substituents is 1. The molecule has 0 fully saturated rings. The fourth-order valence-corrected chi connectivity index (χ4v) is 1.43. The first-order chi connectivity index (χ1) is 7.72. The fraction of sp³-hybridized carbons (Fsp3) is 0.100. The molecule has 0 aliphatic rings. The van der Waals surface area contributed by atoms with Crippen LogP contribution >= 0.6 is 0 Å². The number of rotatable bonds is 3. The van der Waals surface area contributed by atoms with E-state index in [1.54, 1.807) is 18.5 Å². The van der Waals surface area contributed by atoms with Gasteiger partial charge in [0, 0.05) is 23.4 Å². The summed E-state index contributed by atoms with van der Waals surface area (Å²) >= 11 is 0. The number of hydrogen-bond acceptors (Lipinski definition) is 4. The van der Waals surface area contributed by atoms with Crippen LogP contribution < -0.4 is 4.74 Å². The maximum atomic E-state index is 10.6. The average molecular weight is 219 g/mol. The van der Waals surface area contributed by atoms with Gasteiger partial charge in [-0.25, -0.2) is 0 Å². The largest absolute Gasteiger partial charge is 0.496 e. The maximum absolute atomic E-state index is 10.6. The van der Waals surface area contributed by atoms with Crippen LogP contribution in [-0.2, 0) is 0 Å². The topological polar surface area (TPSA) is 81.1 Å². The molecule has 0 saturated heterocycles. The summed E-state index contributed by atoms with van der Waals surface area (Å²) in [5, 5.41) is 17.1. The van der Waals surface area contributed by atoms with E-state index in [9.17, 15) is 10.1 Å². The van der Waals surface area contributed by atoms with Gasteiger partial charge in [0.15, 0.2) is 0 Å². The molecule has 0 atom stereocenters. The van der Waals surface area contributed by atoms with Gasteiger partial charge >= 0.3 is 0 Å². The van der Waals surface area contributed by atoms with Crippen molar-refractivity contribution in [3.8, 4) is 16.9 Å². The highest BCUT2D eigenvalue weighted by Gasteiger charge is 2.12. The van der Waals surface area contributed by atoms with Crippen LogP contribution in [0.1, 0.15) is 0 Å². The molecule has 0 spiro atoms. The summed E-state index contributed by atoms with van der Waals surface area (Å²) in [6.07, 6.45) is 3.33. The minimum Gasteiger partial charge on any atom is -0.496 e. The first-order valence-electron chi connectivity index (χ1n) is 4.54. The van der Waals surface area contributed by atoms with Crippen molar-refractivity contribution in [2.75, 3.05) is 7.11 Å². The van der Waals surface area contributed by atoms with E-state index in [0.29, 0.717) is 5.75 Å². The van der Waals surface area contributed by atoms with Crippen LogP contribution in [0.5, 0.6) is 5.75 Å². The Kier molecular flexibility index (Phi) is 2.55. The molecule has 0 aliphatic heterocycles. The molecule has 2 aromatic rings. The first kappa shape index (κ1) is 10.2. The summed E-state index contributed by atoms with van der Waals surface area (Å²) in [6, 6.07) is 4.47. The molecule has 0 saturated carbocycles. The third-order valence-electron chi connectivity index (χ3n) is 2.21. The Bertz CT molecular complexity index is 508. The van der Waals surface area contributed by atoms with Crippen LogP contribution in [0.25, 0.3) is 11.1 Å². The van der Waals surface area contributed by atoms with Crippen LogP contribution in [0.2, 0.25) is 0 Å². The van der Waals surface area contributed by atoms with Crippen molar-refractivity contribution < 1.29 is 9.66 Å². The minimum absolute atomic E-state index is 0.00379. The SMILES string of the molecule is COc1cc([N+](=O)[O-])ccc1-c1cn[nH]c1. The number of hydrogen-bond donors (Lipinski definition) is 1. The maximum Gasteiger partial charge on any atom is 0.273 e. The molecule has 1 aromatic heterocycles. The predicted octanol–water partition coefficient (Wildman–Crippen LogP) is 1.99. The van der Waals surface area contributed by atoms with E-state index in [2.05, 4.69) is 10.2 Å². The molecule has 0 radical (unpaired) electrons. The van der Waals surface area contributed by atoms with E-state index in [1.165, 1.54) is 19.2 Å². The zero-order valence-electron chi connectivity index (χ0n) is 8.51. The molecular formula is C10H9N3O3. The van der Waals surface area contributed by atoms with Crippen molar-refractivity contribution in [2.45, 2.75) is 0 Å². The summed E-state index contributed by atoms with van der Waals surface area (Å²) in [6.45, 7) is 0. The molecule has 0 bridgehead atoms. The number of H-pyrrole nitrogens is 1. The quantitative estimate of drug-likeness (QED) is 0.632. The van der Waals surface area contributed by atoms with Crippen molar-refractivity contribution in [3.63, 3.8) is 0 Å². The molecule has 16 heavy (non-hydrogen) atoms. The van der Waals surface area contributed by atoms with Gasteiger partial charge < -0.3 is 4.74 Å². The molecule has 82 valence electrons. The van der Waals surface area contributed by atoms with E-state index in [1.807, 2.05) is 0 Å². The molecule has 1 N–H and O–H groups in total. The number of nitro groups is 1. The van der Waals surface area contributed by atoms with E-state index in [-0.39, 0.29) is 5.69 Å². The van der Waals surface area contributed by atoms with Gasteiger partial charge in [-0.1, -0.05) is 0 Å². The number of ether oxygens (including phenoxy) is 1. The van der Waals surface area contributed by atoms with E-state index in [4.69, 9.17) is 4.74 Å². The van der Waals surface area contributed by atoms with Gasteiger partial charge in [0.25, 0.3) is 5.69 Å². The van der Waals surface area contributed by atoms with Crippen LogP contribution in [0.4, 0.5) is 5.69 Å². The third kappa shape index (κ3) is 1.72. The number of aromatic amines is 1. The van der Waals surface area contributed by atoms with Gasteiger partial charge in [-0.05, 0) is 6.07 Å². The van der Waals surface area contributed by atoms with Crippen molar-refractivity contribution in [2.24, 2.45) is 0 Å². The second kappa shape index (κ2) is 4.01. The number of methoxy groups -OCH3 is 1. The number of nitrogens with zero attached hydrogens (tertiary/aromatic N) is 2. The summed E-state index contributed by atoms with van der Waals surface area (Å²) in [5.74, 6) is 0.454. The van der Waals surface area contributed by atoms with E-state index in [0.717, 1.165) is 11.1 Å². The van der Waals surface area contributed by atoms with E-state index < -0.39 is 4.92 Å². The first-order valence-corrected chi connectivity index (χ1v) is 4.54. The Morgan fingerprint density at radius 3 is 2.88 bits per heavy atom. The summed E-state index contributed by atoms with van der Waals surface area (Å²) in [7, 11) is 1.47. The number of aromatic nitrogens is 2. The average Bonchev–Trinajstić information content (AvgIpc) is 2.81. The van der Waals surface area contributed by atoms with Gasteiger partial charge in [0.1, 0.15) is 5.75 Å². The van der Waals surface area contributed by atoms with Crippen molar-refractivity contribution >= 4 is 5.69 Å². The second-order valence-electron chi connectivity index (χ2n) is 3.13. The molecule has 2 rings (SSSR count). The minimum atomic E-state index is -0.457. The Morgan fingerprint density at radius 1 is 1.50 bits per heavy atom. The normalized spacial score (nSPS) is 10.1. The standard InChI is InChI=1S/C10H9N3O3/c1-16-10-4-8(13(14)15)2-3-9(10)7-5-11-12-6-7/h2-6H,1H3,(H,11,12). The van der Waals surface area contributed by atoms with Gasteiger partial charge in [0.05, 0.1) is 24.3 Å². The van der Waals surface area contributed by atoms with Gasteiger partial charge in [-0.3, -0.25) is 15.2 Å². The lowest BCUT2D eigenvalue weighted by atomic mass is 10.1. The molecular weight excluding hydrogens is 210 g/mol. The van der Waals surface area contributed by atoms with Crippen LogP contribution in [0, 0.1) is 10.1 Å². The van der Waals surface area contributed by atoms with Crippen LogP contribution in [-0.4, -0.2) is 22.2 Å². The van der Waals surface area contributed by atoms with Crippen LogP contribution in [0.3, 0.4) is 0 Å². The highest BCUT2D eigenvalue weighted by molar-refractivity contribution is 5.71. The fourth-order valence-electron chi connectivity index (χ4n) is 1.43. The Hall–Kier alpha value is -2.37. The van der Waals surface area contributed by atoms with Gasteiger partial charge in [-0.2, -0.15) is 5.10 Å². The molecule has 1 heterocycles. The number of nitrogens with one attached hydrogen (secondary N) is 1. The lowest BCUT2D eigenvalue weighted by Gasteiger charge is -2.05. The Labute approximate surface area is 91.0 Å². The molecule has 1 aromatic carbocycles. The van der Waals surface area contributed by atoms with Crippen molar-refractivity contribution in [1.82, 2.24) is 10.2 Å². The molecule has 0 aliphatic carbocycles. The van der Waals surface area contributed by atoms with Crippen molar-refractivity contribution in [3.05, 3.63) is 40.7 Å². The zero-order valence-corrected chi connectivity index (χ0v) is 8.51. The Morgan fingerprint density at radius 2 is 2.31 bits per heavy atom. The predicted molar refractivity (Wildman–Crippen MR) is 57.2 cm³/mol. The summed E-state index contributed by atoms with van der Waals surface area (Å²) in [4.78, 5) is 10.1. The monoisotopic (exact) mass is 219 g/mol. The van der Waals surface area contributed by atoms with Crippen LogP contribution in [0.15, 0.2) is 30.6 Å². The number of non-ortho nitro benzene ring substituents is 1. The van der Waals surface area contributed by atoms with Gasteiger partial charge in [-0.15, -0.1) is 0 Å². The summed E-state index contributed by atoms with van der Waals surface area (Å²) < 4.78 is 5.11. The lowest BCUT2D eigenvalue weighted by molar-refractivity contribution is -0.384. The summed E-state index contributed by atoms with van der Waals surface area (Å²) in [5.41, 5.74) is 1.60. The molecule has 6 heteroatoms. The highest BCUT2D eigenvalue weighted by atomic mass is 16.6. The molecule has 0 unspecified atom stereocenters. The van der Waals surface area contributed by atoms with Gasteiger partial charge in [0.2, 0.25) is 0 Å². The Balaban J connectivity index is 2.51. The van der Waals surface area contributed by atoms with Crippen molar-refractivity contribution in [1.29, 1.82) is 0 Å². The highest BCUT2D eigenvalue weighted by Crippen LogP contribution is 2.32. The van der Waals surface area contributed by atoms with E-state index >= 15 is 0 Å². The lowest BCUT2D eigenvalue weighted by Crippen LogP contribution is -1.91. The zero-order chi connectivity index (χ0) is 11.5. The second-order valence-corrected chi connectivity index (χ2v) is 3.13. The third-order valence-corrected chi connectivity index (χ3v) is 2.21. The number of benzene rings is 1. The molecule has 6 nitrogen and oxygen atoms in total. The molecule has 0 amide bonds. The smallest absolute Gasteiger partial charge is 0.273 e.